The van der Waals surface area contributed by atoms with Crippen LogP contribution < -0.4 is 9.47 Å². The average Bonchev–Trinajstić information content (AvgIpc) is 3.02. The number of rotatable bonds is 5. The third kappa shape index (κ3) is 4.15. The normalized spacial score (nSPS) is 20.6. The van der Waals surface area contributed by atoms with E-state index >= 15 is 0 Å². The largest absolute Gasteiger partial charge is 0.507 e. The van der Waals surface area contributed by atoms with Gasteiger partial charge < -0.3 is 14.6 Å². The van der Waals surface area contributed by atoms with Gasteiger partial charge in [-0.05, 0) is 68.1 Å². The van der Waals surface area contributed by atoms with Crippen LogP contribution >= 0.6 is 0 Å². The van der Waals surface area contributed by atoms with Crippen LogP contribution in [0.15, 0.2) is 42.2 Å². The van der Waals surface area contributed by atoms with E-state index in [0.717, 1.165) is 30.8 Å². The second kappa shape index (κ2) is 8.29. The van der Waals surface area contributed by atoms with Gasteiger partial charge >= 0.3 is 0 Å². The Labute approximate surface area is 171 Å². The maximum absolute atomic E-state index is 12.9. The van der Waals surface area contributed by atoms with E-state index < -0.39 is 0 Å². The number of benzene rings is 2. The molecule has 2 aromatic carbocycles. The Balaban J connectivity index is 1.58. The van der Waals surface area contributed by atoms with Gasteiger partial charge in [-0.15, -0.1) is 0 Å². The van der Waals surface area contributed by atoms with Crippen molar-refractivity contribution >= 4 is 11.9 Å². The Morgan fingerprint density at radius 2 is 2.03 bits per heavy atom. The summed E-state index contributed by atoms with van der Waals surface area (Å²) < 4.78 is 11.4. The van der Waals surface area contributed by atoms with Gasteiger partial charge in [0, 0.05) is 13.1 Å². The molecule has 5 nitrogen and oxygen atoms in total. The molecule has 0 saturated carbocycles. The predicted octanol–water partition coefficient (Wildman–Crippen LogP) is 4.64. The molecule has 2 aromatic rings. The van der Waals surface area contributed by atoms with Gasteiger partial charge in [-0.1, -0.05) is 19.1 Å². The topological polar surface area (TPSA) is 59.0 Å². The molecular weight excluding hydrogens is 366 g/mol. The first kappa shape index (κ1) is 19.5. The smallest absolute Gasteiger partial charge is 0.231 e. The minimum absolute atomic E-state index is 0.151. The molecule has 1 fully saturated rings. The lowest BCUT2D eigenvalue weighted by molar-refractivity contribution is 0.101. The van der Waals surface area contributed by atoms with Crippen molar-refractivity contribution in [3.05, 3.63) is 58.8 Å². The number of phenols is 1. The molecule has 0 aromatic heterocycles. The van der Waals surface area contributed by atoms with Gasteiger partial charge in [0.15, 0.2) is 5.76 Å². The van der Waals surface area contributed by atoms with Gasteiger partial charge in [0.25, 0.3) is 0 Å². The number of piperidine rings is 1. The number of hydrogen-bond donors (Lipinski definition) is 1. The predicted molar refractivity (Wildman–Crippen MR) is 112 cm³/mol. The number of hydrogen-bond acceptors (Lipinski definition) is 5. The molecule has 0 spiro atoms. The third-order valence-corrected chi connectivity index (χ3v) is 5.53. The minimum Gasteiger partial charge on any atom is -0.507 e. The molecular formula is C24H27NO4. The second-order valence-electron chi connectivity index (χ2n) is 7.86. The van der Waals surface area contributed by atoms with Gasteiger partial charge in [0.05, 0.1) is 17.7 Å². The zero-order chi connectivity index (χ0) is 20.4. The summed E-state index contributed by atoms with van der Waals surface area (Å²) in [6, 6.07) is 10.8. The molecule has 1 saturated heterocycles. The molecule has 2 aliphatic heterocycles. The number of likely N-dealkylation sites (tertiary alicyclic amines) is 1. The van der Waals surface area contributed by atoms with Gasteiger partial charge in [0.2, 0.25) is 5.78 Å². The second-order valence-corrected chi connectivity index (χ2v) is 7.86. The molecule has 1 atom stereocenters. The molecule has 1 N–H and O–H groups in total. The van der Waals surface area contributed by atoms with Crippen molar-refractivity contribution in [3.8, 4) is 17.2 Å². The Bertz CT molecular complexity index is 933. The quantitative estimate of drug-likeness (QED) is 0.750. The van der Waals surface area contributed by atoms with Crippen molar-refractivity contribution in [1.82, 2.24) is 4.90 Å². The number of fused-ring (bicyclic) bond motifs is 1. The number of aromatic hydroxyl groups is 1. The van der Waals surface area contributed by atoms with E-state index in [4.69, 9.17) is 9.47 Å². The summed E-state index contributed by atoms with van der Waals surface area (Å²) >= 11 is 0. The van der Waals surface area contributed by atoms with E-state index in [9.17, 15) is 9.90 Å². The van der Waals surface area contributed by atoms with Crippen LogP contribution in [0.5, 0.6) is 17.2 Å². The number of nitrogens with zero attached hydrogens (tertiary/aromatic N) is 1. The molecule has 152 valence electrons. The lowest BCUT2D eigenvalue weighted by Crippen LogP contribution is -2.33. The highest BCUT2D eigenvalue weighted by Crippen LogP contribution is 2.40. The number of carbonyl (C=O) groups excluding carboxylic acids is 1. The number of carbonyl (C=O) groups is 1. The summed E-state index contributed by atoms with van der Waals surface area (Å²) in [6.45, 7) is 7.37. The van der Waals surface area contributed by atoms with Crippen LogP contribution in [0.4, 0.5) is 0 Å². The summed E-state index contributed by atoms with van der Waals surface area (Å²) in [5.74, 6) is 2.23. The lowest BCUT2D eigenvalue weighted by atomic mass is 9.99. The van der Waals surface area contributed by atoms with Crippen molar-refractivity contribution in [3.63, 3.8) is 0 Å². The Kier molecular flexibility index (Phi) is 5.58. The van der Waals surface area contributed by atoms with Crippen molar-refractivity contribution in [2.24, 2.45) is 5.92 Å². The first-order valence-corrected chi connectivity index (χ1v) is 10.3. The molecule has 29 heavy (non-hydrogen) atoms. The molecule has 0 bridgehead atoms. The Hall–Kier alpha value is -2.79. The van der Waals surface area contributed by atoms with Crippen LogP contribution in [0, 0.1) is 5.92 Å². The van der Waals surface area contributed by atoms with Gasteiger partial charge in [-0.25, -0.2) is 0 Å². The molecule has 0 unspecified atom stereocenters. The van der Waals surface area contributed by atoms with E-state index in [1.807, 2.05) is 31.2 Å². The molecule has 2 aliphatic rings. The maximum Gasteiger partial charge on any atom is 0.231 e. The maximum atomic E-state index is 12.9. The van der Waals surface area contributed by atoms with E-state index in [2.05, 4.69) is 11.8 Å². The van der Waals surface area contributed by atoms with Crippen LogP contribution in [0.3, 0.4) is 0 Å². The molecule has 0 amide bonds. The molecule has 0 aliphatic carbocycles. The zero-order valence-electron chi connectivity index (χ0n) is 17.0. The monoisotopic (exact) mass is 393 g/mol. The number of allylic oxidation sites excluding steroid dienone is 1. The van der Waals surface area contributed by atoms with Crippen LogP contribution in [-0.2, 0) is 6.54 Å². The van der Waals surface area contributed by atoms with Crippen molar-refractivity contribution < 1.29 is 19.4 Å². The van der Waals surface area contributed by atoms with Crippen LogP contribution in [-0.4, -0.2) is 35.5 Å². The highest BCUT2D eigenvalue weighted by atomic mass is 16.5. The number of phenolic OH excluding ortho intramolecular Hbond substituents is 1. The van der Waals surface area contributed by atoms with E-state index in [1.54, 1.807) is 18.2 Å². The van der Waals surface area contributed by atoms with Gasteiger partial charge in [0.1, 0.15) is 17.2 Å². The van der Waals surface area contributed by atoms with Crippen molar-refractivity contribution in [1.29, 1.82) is 0 Å². The van der Waals surface area contributed by atoms with E-state index in [-0.39, 0.29) is 17.3 Å². The Morgan fingerprint density at radius 1 is 1.24 bits per heavy atom. The van der Waals surface area contributed by atoms with E-state index in [0.29, 0.717) is 35.9 Å². The average molecular weight is 393 g/mol. The van der Waals surface area contributed by atoms with Gasteiger partial charge in [-0.2, -0.15) is 0 Å². The summed E-state index contributed by atoms with van der Waals surface area (Å²) in [4.78, 5) is 15.2. The summed E-state index contributed by atoms with van der Waals surface area (Å²) in [6.07, 6.45) is 4.13. The van der Waals surface area contributed by atoms with E-state index in [1.165, 1.54) is 6.42 Å². The standard InChI is InChI=1S/C24H27NO4/c1-3-28-18-8-6-17(7-9-18)13-22-23(27)19-10-11-21(26)20(24(19)29-22)15-25-12-4-5-16(2)14-25/h6-11,13,16,26H,3-5,12,14-15H2,1-2H3/b22-13-/t16-/m0/s1. The van der Waals surface area contributed by atoms with Crippen molar-refractivity contribution in [2.75, 3.05) is 19.7 Å². The fraction of sp³-hybridized carbons (Fsp3) is 0.375. The molecule has 2 heterocycles. The zero-order valence-corrected chi connectivity index (χ0v) is 17.0. The van der Waals surface area contributed by atoms with Gasteiger partial charge in [-0.3, -0.25) is 9.69 Å². The molecule has 4 rings (SSSR count). The number of ether oxygens (including phenoxy) is 2. The van der Waals surface area contributed by atoms with Crippen molar-refractivity contribution in [2.45, 2.75) is 33.2 Å². The summed E-state index contributed by atoms with van der Waals surface area (Å²) in [5, 5.41) is 10.5. The SMILES string of the molecule is CCOc1ccc(/C=C2\Oc3c(ccc(O)c3CN3CCC[C@H](C)C3)C2=O)cc1. The minimum atomic E-state index is -0.151. The molecule has 5 heteroatoms. The fourth-order valence-electron chi connectivity index (χ4n) is 4.08. The van der Waals surface area contributed by atoms with Crippen LogP contribution in [0.25, 0.3) is 6.08 Å². The first-order valence-electron chi connectivity index (χ1n) is 10.3. The lowest BCUT2D eigenvalue weighted by Gasteiger charge is -2.31. The third-order valence-electron chi connectivity index (χ3n) is 5.53. The highest BCUT2D eigenvalue weighted by Gasteiger charge is 2.32. The number of Topliss-reactive ketones (excluding diaryl/α,β-unsaturated/α-hetero) is 1. The van der Waals surface area contributed by atoms with Crippen LogP contribution in [0.1, 0.15) is 48.2 Å². The van der Waals surface area contributed by atoms with Crippen LogP contribution in [0.2, 0.25) is 0 Å². The fourth-order valence-corrected chi connectivity index (χ4v) is 4.08. The molecule has 0 radical (unpaired) electrons. The summed E-state index contributed by atoms with van der Waals surface area (Å²) in [5.41, 5.74) is 2.07. The number of ketones is 1. The first-order chi connectivity index (χ1) is 14.0. The Morgan fingerprint density at radius 3 is 2.76 bits per heavy atom. The highest BCUT2D eigenvalue weighted by molar-refractivity contribution is 6.15. The summed E-state index contributed by atoms with van der Waals surface area (Å²) in [7, 11) is 0.